The van der Waals surface area contributed by atoms with Crippen molar-refractivity contribution in [3.63, 3.8) is 0 Å². The third-order valence-corrected chi connectivity index (χ3v) is 3.11. The lowest BCUT2D eigenvalue weighted by Crippen LogP contribution is -2.43. The zero-order valence-electron chi connectivity index (χ0n) is 8.77. The first-order chi connectivity index (χ1) is 6.47. The van der Waals surface area contributed by atoms with E-state index < -0.39 is 5.60 Å². The van der Waals surface area contributed by atoms with Crippen LogP contribution in [0.1, 0.15) is 33.1 Å². The van der Waals surface area contributed by atoms with Gasteiger partial charge in [0.1, 0.15) is 0 Å². The molecule has 0 unspecified atom stereocenters. The average molecular weight is 195 g/mol. The van der Waals surface area contributed by atoms with Gasteiger partial charge in [-0.1, -0.05) is 17.3 Å². The summed E-state index contributed by atoms with van der Waals surface area (Å²) in [6.45, 7) is 7.63. The van der Waals surface area contributed by atoms with Crippen molar-refractivity contribution < 1.29 is 5.11 Å². The first-order valence-corrected chi connectivity index (χ1v) is 4.89. The largest absolute Gasteiger partial charge is 0.390 e. The Morgan fingerprint density at radius 3 is 2.86 bits per heavy atom. The molecular weight excluding hydrogens is 178 g/mol. The van der Waals surface area contributed by atoms with Gasteiger partial charge in [-0.05, 0) is 44.6 Å². The normalized spacial score (nSPS) is 37.4. The molecular formula is C10H17N3O. The van der Waals surface area contributed by atoms with Gasteiger partial charge in [-0.25, -0.2) is 0 Å². The van der Waals surface area contributed by atoms with Crippen LogP contribution in [-0.2, 0) is 0 Å². The number of rotatable bonds is 2. The van der Waals surface area contributed by atoms with Crippen LogP contribution in [0.25, 0.3) is 10.4 Å². The van der Waals surface area contributed by atoms with E-state index >= 15 is 0 Å². The molecule has 0 aromatic rings. The van der Waals surface area contributed by atoms with E-state index in [2.05, 4.69) is 16.6 Å². The van der Waals surface area contributed by atoms with Gasteiger partial charge in [-0.15, -0.1) is 0 Å². The second kappa shape index (κ2) is 4.03. The lowest BCUT2D eigenvalue weighted by atomic mass is 9.74. The minimum absolute atomic E-state index is 0.317. The van der Waals surface area contributed by atoms with Gasteiger partial charge in [0.25, 0.3) is 0 Å². The Bertz CT molecular complexity index is 279. The summed E-state index contributed by atoms with van der Waals surface area (Å²) >= 11 is 0. The second-order valence-corrected chi connectivity index (χ2v) is 4.40. The van der Waals surface area contributed by atoms with Crippen molar-refractivity contribution in [1.29, 1.82) is 0 Å². The van der Waals surface area contributed by atoms with Crippen LogP contribution in [-0.4, -0.2) is 16.7 Å². The highest BCUT2D eigenvalue weighted by molar-refractivity contribution is 5.05. The van der Waals surface area contributed by atoms with Crippen molar-refractivity contribution in [2.45, 2.75) is 44.8 Å². The molecule has 0 amide bonds. The van der Waals surface area contributed by atoms with Crippen molar-refractivity contribution in [3.8, 4) is 0 Å². The highest BCUT2D eigenvalue weighted by atomic mass is 16.3. The van der Waals surface area contributed by atoms with Gasteiger partial charge in [-0.3, -0.25) is 0 Å². The average Bonchev–Trinajstić information content (AvgIpc) is 2.08. The van der Waals surface area contributed by atoms with Gasteiger partial charge >= 0.3 is 0 Å². The molecule has 1 aliphatic rings. The summed E-state index contributed by atoms with van der Waals surface area (Å²) < 4.78 is 0. The number of hydrogen-bond donors (Lipinski definition) is 1. The summed E-state index contributed by atoms with van der Waals surface area (Å²) in [5.74, 6) is 0.380. The van der Waals surface area contributed by atoms with E-state index in [-0.39, 0.29) is 6.04 Å². The number of hydrogen-bond acceptors (Lipinski definition) is 2. The predicted octanol–water partition coefficient (Wildman–Crippen LogP) is 2.79. The Balaban J connectivity index is 2.77. The summed E-state index contributed by atoms with van der Waals surface area (Å²) in [6, 6.07) is -0.317. The Hall–Kier alpha value is -0.990. The van der Waals surface area contributed by atoms with Gasteiger partial charge in [0.15, 0.2) is 0 Å². The van der Waals surface area contributed by atoms with Gasteiger partial charge < -0.3 is 5.11 Å². The summed E-state index contributed by atoms with van der Waals surface area (Å²) in [5.41, 5.74) is 8.66. The number of nitrogens with zero attached hydrogens (tertiary/aromatic N) is 3. The van der Waals surface area contributed by atoms with Crippen LogP contribution in [0.5, 0.6) is 0 Å². The molecule has 0 aliphatic heterocycles. The lowest BCUT2D eigenvalue weighted by Gasteiger charge is -2.38. The molecule has 0 heterocycles. The van der Waals surface area contributed by atoms with Crippen molar-refractivity contribution in [2.75, 3.05) is 0 Å². The molecule has 1 N–H and O–H groups in total. The second-order valence-electron chi connectivity index (χ2n) is 4.40. The Kier molecular flexibility index (Phi) is 3.19. The van der Waals surface area contributed by atoms with Gasteiger partial charge in [0, 0.05) is 4.91 Å². The van der Waals surface area contributed by atoms with Crippen molar-refractivity contribution in [3.05, 3.63) is 22.6 Å². The quantitative estimate of drug-likeness (QED) is 0.313. The molecule has 1 fully saturated rings. The fourth-order valence-corrected chi connectivity index (χ4v) is 1.96. The van der Waals surface area contributed by atoms with E-state index in [0.29, 0.717) is 18.8 Å². The SMILES string of the molecule is C=C(C)[C@@H]1CC[C@](C)(O)[C@@H](N=[N+]=[N-])C1. The summed E-state index contributed by atoms with van der Waals surface area (Å²) in [5, 5.41) is 13.6. The molecule has 1 saturated carbocycles. The number of azide groups is 1. The maximum atomic E-state index is 9.97. The van der Waals surface area contributed by atoms with E-state index in [9.17, 15) is 5.11 Å². The fourth-order valence-electron chi connectivity index (χ4n) is 1.96. The highest BCUT2D eigenvalue weighted by Crippen LogP contribution is 2.36. The number of aliphatic hydroxyl groups is 1. The molecule has 0 spiro atoms. The maximum absolute atomic E-state index is 9.97. The van der Waals surface area contributed by atoms with Crippen LogP contribution < -0.4 is 0 Å². The molecule has 4 nitrogen and oxygen atoms in total. The molecule has 1 rings (SSSR count). The Morgan fingerprint density at radius 2 is 2.36 bits per heavy atom. The van der Waals surface area contributed by atoms with Crippen LogP contribution in [0.4, 0.5) is 0 Å². The van der Waals surface area contributed by atoms with Crippen molar-refractivity contribution in [1.82, 2.24) is 0 Å². The highest BCUT2D eigenvalue weighted by Gasteiger charge is 2.37. The van der Waals surface area contributed by atoms with Crippen molar-refractivity contribution >= 4 is 0 Å². The topological polar surface area (TPSA) is 69.0 Å². The minimum Gasteiger partial charge on any atom is -0.390 e. The van der Waals surface area contributed by atoms with Crippen LogP contribution in [0, 0.1) is 5.92 Å². The molecule has 0 aromatic heterocycles. The monoisotopic (exact) mass is 195 g/mol. The molecule has 14 heavy (non-hydrogen) atoms. The standard InChI is InChI=1S/C10H17N3O/c1-7(2)8-4-5-10(3,14)9(6-8)12-13-11/h8-9,14H,1,4-6H2,2-3H3/t8-,9+,10+/m1/s1. The van der Waals surface area contributed by atoms with E-state index in [1.54, 1.807) is 6.92 Å². The maximum Gasteiger partial charge on any atom is 0.0704 e. The van der Waals surface area contributed by atoms with Crippen LogP contribution in [0.3, 0.4) is 0 Å². The zero-order valence-corrected chi connectivity index (χ0v) is 8.77. The van der Waals surface area contributed by atoms with E-state index in [1.165, 1.54) is 0 Å². The predicted molar refractivity (Wildman–Crippen MR) is 55.7 cm³/mol. The third-order valence-electron chi connectivity index (χ3n) is 3.11. The Morgan fingerprint density at radius 1 is 1.71 bits per heavy atom. The van der Waals surface area contributed by atoms with Crippen molar-refractivity contribution in [2.24, 2.45) is 11.0 Å². The fraction of sp³-hybridized carbons (Fsp3) is 0.800. The van der Waals surface area contributed by atoms with Gasteiger partial charge in [0.05, 0.1) is 11.6 Å². The smallest absolute Gasteiger partial charge is 0.0704 e. The van der Waals surface area contributed by atoms with Crippen LogP contribution in [0.15, 0.2) is 17.3 Å². The summed E-state index contributed by atoms with van der Waals surface area (Å²) in [4.78, 5) is 2.78. The van der Waals surface area contributed by atoms with E-state index in [4.69, 9.17) is 5.53 Å². The molecule has 0 saturated heterocycles. The molecule has 0 radical (unpaired) electrons. The molecule has 0 bridgehead atoms. The first kappa shape index (κ1) is 11.1. The molecule has 3 atom stereocenters. The first-order valence-electron chi connectivity index (χ1n) is 4.89. The molecule has 0 aromatic carbocycles. The van der Waals surface area contributed by atoms with Crippen LogP contribution >= 0.6 is 0 Å². The number of allylic oxidation sites excluding steroid dienone is 1. The third kappa shape index (κ3) is 2.28. The lowest BCUT2D eigenvalue weighted by molar-refractivity contribution is -0.00621. The zero-order chi connectivity index (χ0) is 10.8. The van der Waals surface area contributed by atoms with Gasteiger partial charge in [-0.2, -0.15) is 0 Å². The summed E-state index contributed by atoms with van der Waals surface area (Å²) in [7, 11) is 0. The molecule has 1 aliphatic carbocycles. The van der Waals surface area contributed by atoms with Crippen LogP contribution in [0.2, 0.25) is 0 Å². The van der Waals surface area contributed by atoms with E-state index in [0.717, 1.165) is 12.0 Å². The van der Waals surface area contributed by atoms with Gasteiger partial charge in [0.2, 0.25) is 0 Å². The molecule has 78 valence electrons. The molecule has 4 heteroatoms. The Labute approximate surface area is 84.3 Å². The van der Waals surface area contributed by atoms with E-state index in [1.807, 2.05) is 6.92 Å². The minimum atomic E-state index is -0.849. The summed E-state index contributed by atoms with van der Waals surface area (Å²) in [6.07, 6.45) is 2.32.